The van der Waals surface area contributed by atoms with Gasteiger partial charge in [-0.25, -0.2) is 0 Å². The van der Waals surface area contributed by atoms with E-state index in [0.717, 1.165) is 6.42 Å². The van der Waals surface area contributed by atoms with Gasteiger partial charge in [0.1, 0.15) is 0 Å². The number of hydrogen-bond donors (Lipinski definition) is 0. The molecule has 1 heteroatoms. The van der Waals surface area contributed by atoms with Crippen LogP contribution in [-0.2, 0) is 31.8 Å². The molecule has 0 unspecified atom stereocenters. The van der Waals surface area contributed by atoms with Crippen LogP contribution in [-0.4, -0.2) is 3.26 Å². The average Bonchev–Trinajstić information content (AvgIpc) is 3.66. The van der Waals surface area contributed by atoms with Crippen LogP contribution in [0.5, 0.6) is 0 Å². The summed E-state index contributed by atoms with van der Waals surface area (Å²) in [4.78, 5) is 0. The molecule has 5 aromatic carbocycles. The van der Waals surface area contributed by atoms with Crippen molar-refractivity contribution in [2.75, 3.05) is 0 Å². The molecule has 7 rings (SSSR count). The minimum absolute atomic E-state index is 0.0687. The van der Waals surface area contributed by atoms with Gasteiger partial charge >= 0.3 is 298 Å². The van der Waals surface area contributed by atoms with Gasteiger partial charge in [-0.2, -0.15) is 0 Å². The summed E-state index contributed by atoms with van der Waals surface area (Å²) in [7, 11) is 0. The number of rotatable bonds is 5. The van der Waals surface area contributed by atoms with E-state index >= 15 is 0 Å². The fourth-order valence-electron chi connectivity index (χ4n) is 7.90. The van der Waals surface area contributed by atoms with Crippen LogP contribution in [0.15, 0.2) is 131 Å². The number of hydrogen-bond acceptors (Lipinski definition) is 0. The van der Waals surface area contributed by atoms with E-state index in [1.807, 2.05) is 0 Å². The second kappa shape index (κ2) is 12.6. The Bertz CT molecular complexity index is 1980. The monoisotopic (exact) mass is 792 g/mol. The van der Waals surface area contributed by atoms with E-state index in [-0.39, 0.29) is 10.8 Å². The van der Waals surface area contributed by atoms with E-state index in [2.05, 4.69) is 183 Å². The first-order valence-electron chi connectivity index (χ1n) is 17.5. The van der Waals surface area contributed by atoms with E-state index in [1.54, 1.807) is 17.7 Å². The third-order valence-electron chi connectivity index (χ3n) is 10.4. The standard InChI is InChI=1S/C21H25.C13H13.C13H10.Hf/c1-20(2,3)16-7-9-18-14(12-16)11-15-13-17(21(4,5)6)8-10-19(15)18;1-10-6-5-7-11(2)13(10)12-8-3-4-9-12;1-3-7-12(8-4-1)11-13-9-5-2-6-10-13;/h7-13H,1-6H3;3,5-8H,4H2,1-2H3;1-10H;. The average molecular weight is 791 g/mol. The van der Waals surface area contributed by atoms with Gasteiger partial charge in [0.25, 0.3) is 0 Å². The van der Waals surface area contributed by atoms with Gasteiger partial charge in [-0.1, -0.05) is 0 Å². The van der Waals surface area contributed by atoms with E-state index in [0.29, 0.717) is 3.67 Å². The van der Waals surface area contributed by atoms with Gasteiger partial charge in [-0.05, 0) is 0 Å². The molecule has 0 N–H and O–H groups in total. The maximum absolute atomic E-state index is 3.23. The molecule has 0 fully saturated rings. The van der Waals surface area contributed by atoms with Gasteiger partial charge in [0.15, 0.2) is 0 Å². The molecule has 0 saturated carbocycles. The Balaban J connectivity index is 1.67. The molecule has 240 valence electrons. The molecule has 0 aliphatic heterocycles. The molecular weight excluding hydrogens is 743 g/mol. The molecule has 0 nitrogen and oxygen atoms in total. The molecule has 0 amide bonds. The van der Waals surface area contributed by atoms with Gasteiger partial charge < -0.3 is 0 Å². The van der Waals surface area contributed by atoms with Crippen molar-refractivity contribution < 1.29 is 21.0 Å². The summed E-state index contributed by atoms with van der Waals surface area (Å²) in [6.45, 7) is 18.8. The molecule has 2 aliphatic carbocycles. The van der Waals surface area contributed by atoms with Crippen LogP contribution in [0.2, 0.25) is 0 Å². The van der Waals surface area contributed by atoms with E-state index in [4.69, 9.17) is 0 Å². The molecule has 48 heavy (non-hydrogen) atoms. The summed E-state index contributed by atoms with van der Waals surface area (Å²) in [5, 5.41) is 0. The maximum atomic E-state index is 2.61. The van der Waals surface area contributed by atoms with Crippen LogP contribution in [0.3, 0.4) is 0 Å². The quantitative estimate of drug-likeness (QED) is 0.156. The van der Waals surface area contributed by atoms with Crippen LogP contribution in [0.1, 0.15) is 102 Å². The predicted molar refractivity (Wildman–Crippen MR) is 204 cm³/mol. The van der Waals surface area contributed by atoms with Crippen molar-refractivity contribution in [2.45, 2.75) is 76.3 Å². The SMILES string of the molecule is Cc1cccc(C)c1C1=[C]([Hf](=[C](c2ccccc2)c2ccccc2)[CH]2c3cc(C(C)(C)C)ccc3-c3ccc(C(C)(C)C)cc32)CC=C1. The predicted octanol–water partition coefficient (Wildman–Crippen LogP) is 12.2. The van der Waals surface area contributed by atoms with Crippen molar-refractivity contribution in [3.8, 4) is 11.1 Å². The summed E-state index contributed by atoms with van der Waals surface area (Å²) in [6.07, 6.45) is 5.97. The summed E-state index contributed by atoms with van der Waals surface area (Å²) in [6, 6.07) is 44.5. The van der Waals surface area contributed by atoms with Crippen molar-refractivity contribution in [2.24, 2.45) is 0 Å². The number of allylic oxidation sites excluding steroid dienone is 4. The molecule has 0 bridgehead atoms. The Morgan fingerprint density at radius 3 is 1.52 bits per heavy atom. The Morgan fingerprint density at radius 1 is 0.583 bits per heavy atom. The van der Waals surface area contributed by atoms with E-state index in [1.165, 1.54) is 55.6 Å². The van der Waals surface area contributed by atoms with Crippen molar-refractivity contribution >= 4 is 8.83 Å². The van der Waals surface area contributed by atoms with Gasteiger partial charge in [0.05, 0.1) is 0 Å². The Labute approximate surface area is 296 Å². The van der Waals surface area contributed by atoms with Crippen molar-refractivity contribution in [1.82, 2.24) is 0 Å². The van der Waals surface area contributed by atoms with Gasteiger partial charge in [-0.15, -0.1) is 0 Å². The fourth-order valence-corrected chi connectivity index (χ4v) is 21.7. The van der Waals surface area contributed by atoms with Crippen LogP contribution in [0.25, 0.3) is 16.7 Å². The van der Waals surface area contributed by atoms with E-state index < -0.39 is 21.0 Å². The molecular formula is C47H48Hf. The number of aryl methyl sites for hydroxylation is 2. The molecule has 5 aromatic rings. The molecule has 0 aromatic heterocycles. The summed E-state index contributed by atoms with van der Waals surface area (Å²) >= 11 is -3.23. The Kier molecular flexibility index (Phi) is 8.66. The van der Waals surface area contributed by atoms with Crippen LogP contribution < -0.4 is 0 Å². The van der Waals surface area contributed by atoms with Gasteiger partial charge in [-0.3, -0.25) is 0 Å². The molecule has 0 saturated heterocycles. The third-order valence-corrected chi connectivity index (χ3v) is 22.8. The topological polar surface area (TPSA) is 0 Å². The van der Waals surface area contributed by atoms with Crippen molar-refractivity contribution in [3.05, 3.63) is 181 Å². The zero-order chi connectivity index (χ0) is 33.8. The zero-order valence-electron chi connectivity index (χ0n) is 29.9. The van der Waals surface area contributed by atoms with Gasteiger partial charge in [0.2, 0.25) is 0 Å². The molecule has 0 spiro atoms. The summed E-state index contributed by atoms with van der Waals surface area (Å²) in [5.74, 6) is 0. The molecule has 0 radical (unpaired) electrons. The molecule has 0 heterocycles. The van der Waals surface area contributed by atoms with Crippen LogP contribution in [0.4, 0.5) is 0 Å². The minimum atomic E-state index is -3.23. The van der Waals surface area contributed by atoms with Crippen LogP contribution in [0, 0.1) is 13.8 Å². The van der Waals surface area contributed by atoms with E-state index in [9.17, 15) is 0 Å². The zero-order valence-corrected chi connectivity index (χ0v) is 33.5. The first kappa shape index (κ1) is 32.8. The van der Waals surface area contributed by atoms with Crippen molar-refractivity contribution in [1.29, 1.82) is 0 Å². The van der Waals surface area contributed by atoms with Crippen LogP contribution >= 0.6 is 0 Å². The first-order chi connectivity index (χ1) is 22.9. The molecule has 2 aliphatic rings. The second-order valence-electron chi connectivity index (χ2n) is 15.8. The number of fused-ring (bicyclic) bond motifs is 3. The first-order valence-corrected chi connectivity index (χ1v) is 23.2. The fraction of sp³-hybridized carbons (Fsp3) is 0.255. The Morgan fingerprint density at radius 2 is 1.06 bits per heavy atom. The normalized spacial score (nSPS) is 14.3. The summed E-state index contributed by atoms with van der Waals surface area (Å²) in [5.41, 5.74) is 17.4. The molecule has 0 atom stereocenters. The van der Waals surface area contributed by atoms with Gasteiger partial charge in [0, 0.05) is 0 Å². The summed E-state index contributed by atoms with van der Waals surface area (Å²) < 4.78 is 3.72. The van der Waals surface area contributed by atoms with Crippen molar-refractivity contribution in [3.63, 3.8) is 0 Å². The Hall–Kier alpha value is -3.68. The third kappa shape index (κ3) is 5.94. The number of benzene rings is 5. The second-order valence-corrected chi connectivity index (χ2v) is 24.8.